The number of anilines is 1. The number of imidazole rings is 1. The minimum absolute atomic E-state index is 0.110. The minimum atomic E-state index is -0.338. The molecule has 1 amide bonds. The van der Waals surface area contributed by atoms with E-state index in [9.17, 15) is 14.4 Å². The number of fused-ring (bicyclic) bond motifs is 1. The van der Waals surface area contributed by atoms with Crippen LogP contribution in [0, 0.1) is 11.8 Å². The molecule has 2 aromatic heterocycles. The first-order valence-corrected chi connectivity index (χ1v) is 11.1. The fraction of sp³-hybridized carbons (Fsp3) is 0.192. The van der Waals surface area contributed by atoms with E-state index in [0.29, 0.717) is 47.5 Å². The van der Waals surface area contributed by atoms with E-state index in [-0.39, 0.29) is 29.2 Å². The van der Waals surface area contributed by atoms with Gasteiger partial charge in [-0.15, -0.1) is 0 Å². The van der Waals surface area contributed by atoms with E-state index in [4.69, 9.17) is 5.73 Å². The van der Waals surface area contributed by atoms with Crippen molar-refractivity contribution >= 4 is 28.7 Å². The molecule has 1 aliphatic rings. The lowest BCUT2D eigenvalue weighted by Crippen LogP contribution is -2.31. The second-order valence-electron chi connectivity index (χ2n) is 8.23. The topological polar surface area (TPSA) is 116 Å². The Labute approximate surface area is 200 Å². The monoisotopic (exact) mass is 466 g/mol. The maximum absolute atomic E-state index is 13.7. The number of likely N-dealkylation sites (tertiary alicyclic amines) is 1. The molecule has 9 nitrogen and oxygen atoms in total. The van der Waals surface area contributed by atoms with Gasteiger partial charge in [-0.25, -0.2) is 14.8 Å². The molecule has 5 rings (SSSR count). The number of hydrogen-bond acceptors (Lipinski definition) is 6. The van der Waals surface area contributed by atoms with E-state index in [0.717, 1.165) is 0 Å². The highest BCUT2D eigenvalue weighted by Gasteiger charge is 2.31. The van der Waals surface area contributed by atoms with Crippen molar-refractivity contribution in [1.29, 1.82) is 0 Å². The van der Waals surface area contributed by atoms with Crippen LogP contribution in [0.25, 0.3) is 16.9 Å². The summed E-state index contributed by atoms with van der Waals surface area (Å²) in [6, 6.07) is 15.5. The number of carbonyl (C=O) groups is 2. The van der Waals surface area contributed by atoms with E-state index in [1.54, 1.807) is 52.8 Å². The summed E-state index contributed by atoms with van der Waals surface area (Å²) in [7, 11) is 0. The van der Waals surface area contributed by atoms with E-state index < -0.39 is 0 Å². The molecule has 1 fully saturated rings. The summed E-state index contributed by atoms with van der Waals surface area (Å²) in [4.78, 5) is 48.8. The van der Waals surface area contributed by atoms with Gasteiger partial charge in [0.05, 0.1) is 11.7 Å². The number of amides is 1. The van der Waals surface area contributed by atoms with Gasteiger partial charge in [-0.3, -0.25) is 18.7 Å². The number of nitrogens with zero attached hydrogens (tertiary/aromatic N) is 5. The third kappa shape index (κ3) is 3.85. The Morgan fingerprint density at radius 3 is 2.46 bits per heavy atom. The van der Waals surface area contributed by atoms with Gasteiger partial charge < -0.3 is 10.6 Å². The molecule has 0 aliphatic carbocycles. The van der Waals surface area contributed by atoms with Crippen molar-refractivity contribution in [3.8, 4) is 17.5 Å². The Hall–Kier alpha value is -4.71. The fourth-order valence-corrected chi connectivity index (χ4v) is 4.48. The summed E-state index contributed by atoms with van der Waals surface area (Å²) in [6.07, 6.45) is 1.91. The number of rotatable bonds is 4. The quantitative estimate of drug-likeness (QED) is 0.364. The standard InChI is InChI=1S/C26H22N6O3/c1-2-6-21(33)30-14-13-20(15-30)32-25-22(24(27)28-16-29-25)31(26(32)35)19-11-9-18(10-12-19)23(34)17-7-4-3-5-8-17/h3-5,7-12,16,20H,13-15H2,1H3,(H2,27,28,29). The van der Waals surface area contributed by atoms with Gasteiger partial charge in [-0.1, -0.05) is 36.3 Å². The molecule has 3 heterocycles. The van der Waals surface area contributed by atoms with Crippen LogP contribution in [-0.4, -0.2) is 48.8 Å². The van der Waals surface area contributed by atoms with E-state index in [2.05, 4.69) is 21.8 Å². The Morgan fingerprint density at radius 1 is 1.03 bits per heavy atom. The average Bonchev–Trinajstić information content (AvgIpc) is 3.47. The molecule has 1 atom stereocenters. The van der Waals surface area contributed by atoms with Crippen LogP contribution in [0.1, 0.15) is 35.3 Å². The van der Waals surface area contributed by atoms with Gasteiger partial charge in [0.25, 0.3) is 5.91 Å². The van der Waals surface area contributed by atoms with Crippen LogP contribution < -0.4 is 11.4 Å². The van der Waals surface area contributed by atoms with E-state index >= 15 is 0 Å². The van der Waals surface area contributed by atoms with Gasteiger partial charge >= 0.3 is 5.69 Å². The first-order chi connectivity index (χ1) is 17.0. The molecule has 1 unspecified atom stereocenters. The van der Waals surface area contributed by atoms with Crippen molar-refractivity contribution in [2.75, 3.05) is 18.8 Å². The summed E-state index contributed by atoms with van der Waals surface area (Å²) < 4.78 is 3.03. The molecule has 4 aromatic rings. The van der Waals surface area contributed by atoms with Gasteiger partial charge in [0.15, 0.2) is 17.2 Å². The number of nitrogens with two attached hydrogens (primary N) is 1. The van der Waals surface area contributed by atoms with Crippen LogP contribution in [-0.2, 0) is 4.79 Å². The molecular formula is C26H22N6O3. The van der Waals surface area contributed by atoms with Gasteiger partial charge in [0.1, 0.15) is 11.8 Å². The highest BCUT2D eigenvalue weighted by molar-refractivity contribution is 6.09. The van der Waals surface area contributed by atoms with E-state index in [1.807, 2.05) is 18.2 Å². The van der Waals surface area contributed by atoms with Gasteiger partial charge in [-0.2, -0.15) is 0 Å². The predicted molar refractivity (Wildman–Crippen MR) is 131 cm³/mol. The van der Waals surface area contributed by atoms with Crippen LogP contribution >= 0.6 is 0 Å². The van der Waals surface area contributed by atoms with Gasteiger partial charge in [0.2, 0.25) is 0 Å². The Balaban J connectivity index is 1.56. The maximum Gasteiger partial charge on any atom is 0.335 e. The zero-order chi connectivity index (χ0) is 24.5. The number of aromatic nitrogens is 4. The van der Waals surface area contributed by atoms with Gasteiger partial charge in [0, 0.05) is 24.2 Å². The molecule has 1 saturated heterocycles. The summed E-state index contributed by atoms with van der Waals surface area (Å²) in [5.41, 5.74) is 8.25. The first kappa shape index (κ1) is 22.1. The molecule has 1 aliphatic heterocycles. The average molecular weight is 467 g/mol. The lowest BCUT2D eigenvalue weighted by atomic mass is 10.0. The third-order valence-electron chi connectivity index (χ3n) is 6.15. The van der Waals surface area contributed by atoms with E-state index in [1.165, 1.54) is 10.9 Å². The molecule has 9 heteroatoms. The summed E-state index contributed by atoms with van der Waals surface area (Å²) in [6.45, 7) is 2.46. The predicted octanol–water partition coefficient (Wildman–Crippen LogP) is 2.19. The van der Waals surface area contributed by atoms with Crippen molar-refractivity contribution in [1.82, 2.24) is 24.0 Å². The highest BCUT2D eigenvalue weighted by Crippen LogP contribution is 2.27. The van der Waals surface area contributed by atoms with Crippen LogP contribution in [0.2, 0.25) is 0 Å². The number of benzene rings is 2. The second-order valence-corrected chi connectivity index (χ2v) is 8.23. The number of ketones is 1. The fourth-order valence-electron chi connectivity index (χ4n) is 4.48. The molecule has 0 spiro atoms. The third-order valence-corrected chi connectivity index (χ3v) is 6.15. The minimum Gasteiger partial charge on any atom is -0.382 e. The van der Waals surface area contributed by atoms with Crippen LogP contribution in [0.4, 0.5) is 5.82 Å². The zero-order valence-corrected chi connectivity index (χ0v) is 19.0. The lowest BCUT2D eigenvalue weighted by Gasteiger charge is -2.14. The SMILES string of the molecule is CC#CC(=O)N1CCC(n2c(=O)n(-c3ccc(C(=O)c4ccccc4)cc3)c3c(N)ncnc32)C1. The van der Waals surface area contributed by atoms with Crippen molar-refractivity contribution in [3.05, 3.63) is 82.5 Å². The lowest BCUT2D eigenvalue weighted by molar-refractivity contribution is -0.124. The van der Waals surface area contributed by atoms with Crippen LogP contribution in [0.3, 0.4) is 0 Å². The van der Waals surface area contributed by atoms with Crippen molar-refractivity contribution < 1.29 is 9.59 Å². The molecule has 35 heavy (non-hydrogen) atoms. The summed E-state index contributed by atoms with van der Waals surface area (Å²) in [5, 5.41) is 0. The number of hydrogen-bond donors (Lipinski definition) is 1. The first-order valence-electron chi connectivity index (χ1n) is 11.1. The molecule has 2 aromatic carbocycles. The van der Waals surface area contributed by atoms with Crippen LogP contribution in [0.5, 0.6) is 0 Å². The Morgan fingerprint density at radius 2 is 1.74 bits per heavy atom. The maximum atomic E-state index is 13.7. The normalized spacial score (nSPS) is 15.1. The molecule has 174 valence electrons. The highest BCUT2D eigenvalue weighted by atomic mass is 16.2. The second kappa shape index (κ2) is 8.91. The zero-order valence-electron chi connectivity index (χ0n) is 19.0. The number of nitrogen functional groups attached to an aromatic ring is 1. The summed E-state index contributed by atoms with van der Waals surface area (Å²) >= 11 is 0. The Bertz CT molecular complexity index is 1560. The van der Waals surface area contributed by atoms with Crippen molar-refractivity contribution in [2.24, 2.45) is 0 Å². The molecular weight excluding hydrogens is 444 g/mol. The molecule has 0 bridgehead atoms. The Kier molecular flexibility index (Phi) is 5.63. The molecule has 0 saturated carbocycles. The largest absolute Gasteiger partial charge is 0.382 e. The molecule has 0 radical (unpaired) electrons. The summed E-state index contributed by atoms with van der Waals surface area (Å²) in [5.74, 6) is 4.96. The van der Waals surface area contributed by atoms with Crippen molar-refractivity contribution in [3.63, 3.8) is 0 Å². The molecule has 2 N–H and O–H groups in total. The van der Waals surface area contributed by atoms with Crippen molar-refractivity contribution in [2.45, 2.75) is 19.4 Å². The smallest absolute Gasteiger partial charge is 0.335 e. The number of carbonyl (C=O) groups excluding carboxylic acids is 2. The van der Waals surface area contributed by atoms with Gasteiger partial charge in [-0.05, 0) is 43.5 Å². The van der Waals surface area contributed by atoms with Crippen LogP contribution in [0.15, 0.2) is 65.7 Å².